The molecule has 0 spiro atoms. The third-order valence-electron chi connectivity index (χ3n) is 4.63. The zero-order valence-electron chi connectivity index (χ0n) is 18.4. The first-order chi connectivity index (χ1) is 13.8. The third-order valence-corrected chi connectivity index (χ3v) is 4.63. The average Bonchev–Trinajstić information content (AvgIpc) is 3.15. The zero-order chi connectivity index (χ0) is 21.3. The van der Waals surface area contributed by atoms with Crippen LogP contribution in [0.4, 0.5) is 4.79 Å². The minimum Gasteiger partial charge on any atom is -0.444 e. The van der Waals surface area contributed by atoms with E-state index in [1.165, 1.54) is 0 Å². The summed E-state index contributed by atoms with van der Waals surface area (Å²) in [7, 11) is 1.79. The Kier molecular flexibility index (Phi) is 8.75. The number of carbonyl (C=O) groups excluding carboxylic acids is 1. The van der Waals surface area contributed by atoms with Gasteiger partial charge in [0.15, 0.2) is 5.96 Å². The van der Waals surface area contributed by atoms with Gasteiger partial charge in [0, 0.05) is 58.4 Å². The van der Waals surface area contributed by atoms with Crippen LogP contribution in [0.3, 0.4) is 0 Å². The molecule has 0 aliphatic carbocycles. The molecular formula is C20H36N6O3. The molecule has 0 radical (unpaired) electrons. The van der Waals surface area contributed by atoms with Gasteiger partial charge in [0.25, 0.3) is 0 Å². The predicted octanol–water partition coefficient (Wildman–Crippen LogP) is 2.06. The summed E-state index contributed by atoms with van der Waals surface area (Å²) in [6, 6.07) is 1.89. The fraction of sp³-hybridized carbons (Fsp3) is 0.750. The van der Waals surface area contributed by atoms with E-state index in [2.05, 4.69) is 37.5 Å². The molecule has 0 saturated carbocycles. The number of ether oxygens (including phenoxy) is 1. The second kappa shape index (κ2) is 11.0. The number of amides is 1. The normalized spacial score (nSPS) is 17.1. The number of nitrogens with zero attached hydrogens (tertiary/aromatic N) is 4. The minimum absolute atomic E-state index is 0.0138. The first kappa shape index (κ1) is 23.0. The van der Waals surface area contributed by atoms with Crippen LogP contribution in [0.1, 0.15) is 46.2 Å². The van der Waals surface area contributed by atoms with Gasteiger partial charge in [0.2, 0.25) is 0 Å². The summed E-state index contributed by atoms with van der Waals surface area (Å²) in [4.78, 5) is 21.1. The lowest BCUT2D eigenvalue weighted by Crippen LogP contribution is -2.54. The number of hydrogen-bond donors (Lipinski definition) is 2. The topological polar surface area (TPSA) is 95.2 Å². The van der Waals surface area contributed by atoms with Crippen LogP contribution in [0.2, 0.25) is 0 Å². The van der Waals surface area contributed by atoms with Gasteiger partial charge in [-0.3, -0.25) is 9.89 Å². The van der Waals surface area contributed by atoms with Crippen molar-refractivity contribution in [3.05, 3.63) is 18.0 Å². The molecule has 1 unspecified atom stereocenters. The van der Waals surface area contributed by atoms with Crippen molar-refractivity contribution in [2.24, 2.45) is 4.99 Å². The van der Waals surface area contributed by atoms with Gasteiger partial charge in [-0.05, 0) is 27.2 Å². The third kappa shape index (κ3) is 8.31. The van der Waals surface area contributed by atoms with E-state index in [-0.39, 0.29) is 12.1 Å². The minimum atomic E-state index is -0.504. The number of guanidine groups is 1. The molecule has 0 bridgehead atoms. The zero-order valence-corrected chi connectivity index (χ0v) is 18.4. The summed E-state index contributed by atoms with van der Waals surface area (Å²) in [5.41, 5.74) is 0.451. The van der Waals surface area contributed by atoms with Gasteiger partial charge in [-0.25, -0.2) is 4.79 Å². The maximum absolute atomic E-state index is 12.1. The second-order valence-corrected chi connectivity index (χ2v) is 8.31. The lowest BCUT2D eigenvalue weighted by molar-refractivity contribution is 0.0502. The number of carbonyl (C=O) groups is 1. The van der Waals surface area contributed by atoms with E-state index in [1.807, 2.05) is 26.8 Å². The van der Waals surface area contributed by atoms with Crippen LogP contribution in [0.15, 0.2) is 21.8 Å². The van der Waals surface area contributed by atoms with E-state index >= 15 is 0 Å². The fourth-order valence-electron chi connectivity index (χ4n) is 3.26. The number of hydrogen-bond acceptors (Lipinski definition) is 6. The maximum Gasteiger partial charge on any atom is 0.407 e. The van der Waals surface area contributed by atoms with Crippen molar-refractivity contribution in [2.75, 3.05) is 39.8 Å². The van der Waals surface area contributed by atoms with E-state index in [1.54, 1.807) is 13.3 Å². The fourth-order valence-corrected chi connectivity index (χ4v) is 3.26. The highest BCUT2D eigenvalue weighted by Gasteiger charge is 2.22. The van der Waals surface area contributed by atoms with Crippen molar-refractivity contribution >= 4 is 12.1 Å². The summed E-state index contributed by atoms with van der Waals surface area (Å²) in [5, 5.41) is 10.4. The highest BCUT2D eigenvalue weighted by atomic mass is 16.6. The van der Waals surface area contributed by atoms with Crippen LogP contribution in [-0.2, 0) is 11.3 Å². The number of nitrogens with one attached hydrogen (secondary N) is 2. The number of aromatic nitrogens is 1. The Hall–Kier alpha value is -2.29. The van der Waals surface area contributed by atoms with Gasteiger partial charge in [-0.15, -0.1) is 0 Å². The van der Waals surface area contributed by atoms with Crippen molar-refractivity contribution in [2.45, 2.75) is 58.7 Å². The van der Waals surface area contributed by atoms with E-state index in [0.717, 1.165) is 57.2 Å². The van der Waals surface area contributed by atoms with Gasteiger partial charge in [0.05, 0.1) is 5.69 Å². The van der Waals surface area contributed by atoms with E-state index < -0.39 is 5.60 Å². The van der Waals surface area contributed by atoms with Gasteiger partial charge in [-0.1, -0.05) is 18.5 Å². The molecule has 1 atom stereocenters. The number of aliphatic imine (C=N–C) groups is 1. The number of piperazine rings is 1. The monoisotopic (exact) mass is 408 g/mol. The van der Waals surface area contributed by atoms with Gasteiger partial charge in [-0.2, -0.15) is 0 Å². The summed E-state index contributed by atoms with van der Waals surface area (Å²) in [6.45, 7) is 12.7. The lowest BCUT2D eigenvalue weighted by Gasteiger charge is -2.36. The molecule has 9 nitrogen and oxygen atoms in total. The highest BCUT2D eigenvalue weighted by molar-refractivity contribution is 5.80. The van der Waals surface area contributed by atoms with Crippen LogP contribution in [-0.4, -0.2) is 78.4 Å². The summed E-state index contributed by atoms with van der Waals surface area (Å²) in [5.74, 6) is 0.859. The Balaban J connectivity index is 1.79. The first-order valence-electron chi connectivity index (χ1n) is 10.4. The molecule has 1 fully saturated rings. The van der Waals surface area contributed by atoms with Crippen molar-refractivity contribution in [1.82, 2.24) is 25.6 Å². The molecule has 1 aliphatic rings. The molecule has 1 amide bonds. The van der Waals surface area contributed by atoms with Crippen LogP contribution < -0.4 is 10.6 Å². The summed E-state index contributed by atoms with van der Waals surface area (Å²) >= 11 is 0. The number of alkyl carbamates (subject to hydrolysis) is 1. The first-order valence-corrected chi connectivity index (χ1v) is 10.4. The number of rotatable bonds is 7. The van der Waals surface area contributed by atoms with Gasteiger partial charge in [0.1, 0.15) is 11.9 Å². The van der Waals surface area contributed by atoms with Gasteiger partial charge < -0.3 is 24.8 Å². The largest absolute Gasteiger partial charge is 0.444 e. The lowest BCUT2D eigenvalue weighted by atomic mass is 10.1. The van der Waals surface area contributed by atoms with Gasteiger partial charge >= 0.3 is 6.09 Å². The molecule has 164 valence electrons. The molecule has 1 aliphatic heterocycles. The van der Waals surface area contributed by atoms with E-state index in [0.29, 0.717) is 6.54 Å². The Morgan fingerprint density at radius 2 is 2.07 bits per heavy atom. The predicted molar refractivity (Wildman–Crippen MR) is 113 cm³/mol. The Labute approximate surface area is 173 Å². The standard InChI is InChI=1S/C20H36N6O3/c1-6-7-16(23-19(27)29-20(2,3)4)14-22-18(21-5)26-11-9-25(10-12-26)15-17-8-13-28-24-17/h8,13,16H,6-7,9-12,14-15H2,1-5H3,(H,21,22)(H,23,27). The average molecular weight is 409 g/mol. The molecule has 0 aromatic carbocycles. The van der Waals surface area contributed by atoms with Crippen LogP contribution in [0.5, 0.6) is 0 Å². The Morgan fingerprint density at radius 1 is 1.34 bits per heavy atom. The van der Waals surface area contributed by atoms with Crippen molar-refractivity contribution < 1.29 is 14.1 Å². The highest BCUT2D eigenvalue weighted by Crippen LogP contribution is 2.09. The van der Waals surface area contributed by atoms with E-state index in [4.69, 9.17) is 9.26 Å². The molecular weight excluding hydrogens is 372 g/mol. The quantitative estimate of drug-likeness (QED) is 0.527. The van der Waals surface area contributed by atoms with Crippen LogP contribution >= 0.6 is 0 Å². The summed E-state index contributed by atoms with van der Waals surface area (Å²) < 4.78 is 10.3. The molecule has 9 heteroatoms. The van der Waals surface area contributed by atoms with Crippen molar-refractivity contribution in [3.8, 4) is 0 Å². The molecule has 2 heterocycles. The van der Waals surface area contributed by atoms with Crippen LogP contribution in [0.25, 0.3) is 0 Å². The Morgan fingerprint density at radius 3 is 2.62 bits per heavy atom. The maximum atomic E-state index is 12.1. The molecule has 29 heavy (non-hydrogen) atoms. The molecule has 2 rings (SSSR count). The smallest absolute Gasteiger partial charge is 0.407 e. The van der Waals surface area contributed by atoms with Crippen molar-refractivity contribution in [3.63, 3.8) is 0 Å². The molecule has 1 aromatic rings. The summed E-state index contributed by atoms with van der Waals surface area (Å²) in [6.07, 6.45) is 3.07. The Bertz CT molecular complexity index is 633. The van der Waals surface area contributed by atoms with Crippen molar-refractivity contribution in [1.29, 1.82) is 0 Å². The second-order valence-electron chi connectivity index (χ2n) is 8.31. The van der Waals surface area contributed by atoms with E-state index in [9.17, 15) is 4.79 Å². The molecule has 1 saturated heterocycles. The van der Waals surface area contributed by atoms with Crippen LogP contribution in [0, 0.1) is 0 Å². The molecule has 2 N–H and O–H groups in total. The molecule has 1 aromatic heterocycles. The SMILES string of the molecule is CCCC(CNC(=NC)N1CCN(Cc2ccon2)CC1)NC(=O)OC(C)(C)C.